The molecule has 32 heavy (non-hydrogen) atoms. The van der Waals surface area contributed by atoms with Gasteiger partial charge in [-0.1, -0.05) is 17.3 Å². The van der Waals surface area contributed by atoms with E-state index in [1.54, 1.807) is 28.8 Å². The van der Waals surface area contributed by atoms with Crippen molar-refractivity contribution in [1.82, 2.24) is 9.72 Å². The molecule has 5 rings (SSSR count). The Labute approximate surface area is 183 Å². The minimum absolute atomic E-state index is 0.0461. The van der Waals surface area contributed by atoms with Crippen molar-refractivity contribution >= 4 is 26.7 Å². The Kier molecular flexibility index (Phi) is 5.05. The van der Waals surface area contributed by atoms with Crippen molar-refractivity contribution in [2.24, 2.45) is 0 Å². The van der Waals surface area contributed by atoms with Crippen molar-refractivity contribution in [2.45, 2.75) is 36.1 Å². The van der Waals surface area contributed by atoms with Crippen LogP contribution in [0.25, 0.3) is 10.9 Å². The molecule has 2 atom stereocenters. The summed E-state index contributed by atoms with van der Waals surface area (Å²) in [5.74, 6) is -0.00479. The number of halogens is 1. The van der Waals surface area contributed by atoms with Gasteiger partial charge in [0, 0.05) is 18.2 Å². The molecule has 4 aromatic rings. The van der Waals surface area contributed by atoms with Crippen LogP contribution in [0.5, 0.6) is 0 Å². The molecule has 0 radical (unpaired) electrons. The van der Waals surface area contributed by atoms with E-state index in [-0.39, 0.29) is 34.0 Å². The first kappa shape index (κ1) is 20.4. The van der Waals surface area contributed by atoms with E-state index in [2.05, 4.69) is 14.4 Å². The number of nitrogens with one attached hydrogen (secondary N) is 1. The van der Waals surface area contributed by atoms with Crippen LogP contribution in [-0.2, 0) is 10.0 Å². The molecular formula is C23H20FN3O4S. The van der Waals surface area contributed by atoms with Gasteiger partial charge in [0.2, 0.25) is 0 Å². The SMILES string of the molecule is O=c1ccc2cc(S(=O)(=O)Nc3ccon3)ccc2n1[C@@H]1CC[C@H](c2cccc(F)c2)C1. The molecule has 1 N–H and O–H groups in total. The number of fused-ring (bicyclic) bond motifs is 1. The molecule has 1 aliphatic carbocycles. The van der Waals surface area contributed by atoms with Gasteiger partial charge in [0.1, 0.15) is 12.1 Å². The van der Waals surface area contributed by atoms with E-state index in [0.717, 1.165) is 24.8 Å². The molecule has 0 spiro atoms. The Morgan fingerprint density at radius 2 is 1.94 bits per heavy atom. The van der Waals surface area contributed by atoms with E-state index >= 15 is 0 Å². The largest absolute Gasteiger partial charge is 0.363 e. The Balaban J connectivity index is 1.48. The predicted octanol–water partition coefficient (Wildman–Crippen LogP) is 4.44. The summed E-state index contributed by atoms with van der Waals surface area (Å²) in [6, 6.07) is 15.7. The third-order valence-electron chi connectivity index (χ3n) is 5.98. The summed E-state index contributed by atoms with van der Waals surface area (Å²) in [6.45, 7) is 0. The number of benzene rings is 2. The number of nitrogens with zero attached hydrogens (tertiary/aromatic N) is 2. The molecule has 0 bridgehead atoms. The lowest BCUT2D eigenvalue weighted by molar-refractivity contribution is 0.423. The van der Waals surface area contributed by atoms with Crippen molar-refractivity contribution in [3.05, 3.63) is 88.7 Å². The van der Waals surface area contributed by atoms with E-state index in [0.29, 0.717) is 10.9 Å². The minimum atomic E-state index is -3.86. The number of sulfonamides is 1. The molecule has 0 aliphatic heterocycles. The summed E-state index contributed by atoms with van der Waals surface area (Å²) >= 11 is 0. The molecule has 1 saturated carbocycles. The van der Waals surface area contributed by atoms with E-state index in [1.807, 2.05) is 6.07 Å². The van der Waals surface area contributed by atoms with Crippen LogP contribution in [0.3, 0.4) is 0 Å². The zero-order chi connectivity index (χ0) is 22.3. The summed E-state index contributed by atoms with van der Waals surface area (Å²) in [5, 5.41) is 4.21. The fraction of sp³-hybridized carbons (Fsp3) is 0.217. The van der Waals surface area contributed by atoms with Gasteiger partial charge in [0.15, 0.2) is 5.82 Å². The van der Waals surface area contributed by atoms with Crippen molar-refractivity contribution in [1.29, 1.82) is 0 Å². The van der Waals surface area contributed by atoms with Crippen molar-refractivity contribution < 1.29 is 17.3 Å². The minimum Gasteiger partial charge on any atom is -0.363 e. The highest BCUT2D eigenvalue weighted by atomic mass is 32.2. The Bertz CT molecular complexity index is 1450. The molecule has 2 heterocycles. The maximum Gasteiger partial charge on any atom is 0.263 e. The van der Waals surface area contributed by atoms with Crippen LogP contribution in [0.15, 0.2) is 81.1 Å². The first-order chi connectivity index (χ1) is 15.4. The van der Waals surface area contributed by atoms with Crippen molar-refractivity contribution in [3.8, 4) is 0 Å². The van der Waals surface area contributed by atoms with Crippen LogP contribution in [0.1, 0.15) is 36.8 Å². The van der Waals surface area contributed by atoms with Gasteiger partial charge in [-0.3, -0.25) is 9.52 Å². The molecule has 2 aromatic heterocycles. The zero-order valence-electron chi connectivity index (χ0n) is 16.9. The standard InChI is InChI=1S/C23H20FN3O4S/c24-18-3-1-2-15(12-18)16-4-6-19(13-16)27-21-8-7-20(14-17(21)5-9-23(27)28)32(29,30)26-22-10-11-31-25-22/h1-3,5,7-12,14,16,19H,4,6,13H2,(H,25,26)/t16-,19+/m0/s1. The number of rotatable bonds is 5. The Hall–Kier alpha value is -3.46. The molecule has 9 heteroatoms. The van der Waals surface area contributed by atoms with E-state index < -0.39 is 10.0 Å². The topological polar surface area (TPSA) is 94.2 Å². The van der Waals surface area contributed by atoms with Gasteiger partial charge in [-0.05, 0) is 72.5 Å². The molecule has 164 valence electrons. The Morgan fingerprint density at radius 3 is 2.72 bits per heavy atom. The lowest BCUT2D eigenvalue weighted by atomic mass is 9.97. The average Bonchev–Trinajstić information content (AvgIpc) is 3.45. The molecular weight excluding hydrogens is 433 g/mol. The fourth-order valence-electron chi connectivity index (χ4n) is 4.51. The highest BCUT2D eigenvalue weighted by Crippen LogP contribution is 2.41. The average molecular weight is 453 g/mol. The van der Waals surface area contributed by atoms with Crippen LogP contribution >= 0.6 is 0 Å². The van der Waals surface area contributed by atoms with E-state index in [4.69, 9.17) is 0 Å². The fourth-order valence-corrected chi connectivity index (χ4v) is 5.53. The maximum atomic E-state index is 13.6. The number of anilines is 1. The summed E-state index contributed by atoms with van der Waals surface area (Å²) < 4.78 is 47.8. The van der Waals surface area contributed by atoms with Crippen LogP contribution in [0, 0.1) is 5.82 Å². The molecule has 0 saturated heterocycles. The third-order valence-corrected chi connectivity index (χ3v) is 7.33. The van der Waals surface area contributed by atoms with Gasteiger partial charge in [-0.2, -0.15) is 0 Å². The van der Waals surface area contributed by atoms with Gasteiger partial charge >= 0.3 is 0 Å². The van der Waals surface area contributed by atoms with Crippen LogP contribution < -0.4 is 10.3 Å². The van der Waals surface area contributed by atoms with Gasteiger partial charge in [-0.25, -0.2) is 12.8 Å². The molecule has 0 amide bonds. The van der Waals surface area contributed by atoms with E-state index in [1.165, 1.54) is 36.6 Å². The lowest BCUT2D eigenvalue weighted by Gasteiger charge is -2.18. The molecule has 7 nitrogen and oxygen atoms in total. The van der Waals surface area contributed by atoms with Gasteiger partial charge < -0.3 is 9.09 Å². The quantitative estimate of drug-likeness (QED) is 0.482. The number of aromatic nitrogens is 2. The second-order valence-corrected chi connectivity index (χ2v) is 9.65. The summed E-state index contributed by atoms with van der Waals surface area (Å²) in [6.07, 6.45) is 3.63. The molecule has 2 aromatic carbocycles. The summed E-state index contributed by atoms with van der Waals surface area (Å²) in [7, 11) is -3.86. The van der Waals surface area contributed by atoms with Gasteiger partial charge in [0.25, 0.3) is 15.6 Å². The van der Waals surface area contributed by atoms with E-state index in [9.17, 15) is 17.6 Å². The highest BCUT2D eigenvalue weighted by Gasteiger charge is 2.29. The molecule has 1 fully saturated rings. The number of pyridine rings is 1. The molecule has 0 unspecified atom stereocenters. The Morgan fingerprint density at radius 1 is 1.06 bits per heavy atom. The third kappa shape index (κ3) is 3.80. The summed E-state index contributed by atoms with van der Waals surface area (Å²) in [4.78, 5) is 12.8. The van der Waals surface area contributed by atoms with Crippen LogP contribution in [-0.4, -0.2) is 18.1 Å². The van der Waals surface area contributed by atoms with Crippen molar-refractivity contribution in [3.63, 3.8) is 0 Å². The normalized spacial score (nSPS) is 18.8. The summed E-state index contributed by atoms with van der Waals surface area (Å²) in [5.41, 5.74) is 1.47. The first-order valence-electron chi connectivity index (χ1n) is 10.2. The first-order valence-corrected chi connectivity index (χ1v) is 11.7. The van der Waals surface area contributed by atoms with Crippen LogP contribution in [0.4, 0.5) is 10.2 Å². The van der Waals surface area contributed by atoms with Gasteiger partial charge in [0.05, 0.1) is 10.4 Å². The predicted molar refractivity (Wildman–Crippen MR) is 118 cm³/mol. The zero-order valence-corrected chi connectivity index (χ0v) is 17.8. The lowest BCUT2D eigenvalue weighted by Crippen LogP contribution is -2.23. The van der Waals surface area contributed by atoms with Gasteiger partial charge in [-0.15, -0.1) is 0 Å². The van der Waals surface area contributed by atoms with Crippen LogP contribution in [0.2, 0.25) is 0 Å². The van der Waals surface area contributed by atoms with Crippen molar-refractivity contribution in [2.75, 3.05) is 4.72 Å². The molecule has 1 aliphatic rings. The highest BCUT2D eigenvalue weighted by molar-refractivity contribution is 7.92. The number of hydrogen-bond donors (Lipinski definition) is 1. The second-order valence-electron chi connectivity index (χ2n) is 7.97. The second kappa shape index (κ2) is 7.90. The monoisotopic (exact) mass is 453 g/mol. The number of hydrogen-bond acceptors (Lipinski definition) is 5. The maximum absolute atomic E-state index is 13.6. The smallest absolute Gasteiger partial charge is 0.263 e.